The average Bonchev–Trinajstić information content (AvgIpc) is 3.12. The fourth-order valence-electron chi connectivity index (χ4n) is 4.13. The van der Waals surface area contributed by atoms with Gasteiger partial charge in [0.1, 0.15) is 5.60 Å². The molecule has 9 nitrogen and oxygen atoms in total. The van der Waals surface area contributed by atoms with Crippen LogP contribution in [0, 0.1) is 5.92 Å². The van der Waals surface area contributed by atoms with Crippen LogP contribution in [-0.2, 0) is 26.3 Å². The van der Waals surface area contributed by atoms with Gasteiger partial charge in [-0.25, -0.2) is 0 Å². The quantitative estimate of drug-likeness (QED) is 0.445. The Labute approximate surface area is 199 Å². The number of hydrogen-bond donors (Lipinski definition) is 2. The zero-order valence-electron chi connectivity index (χ0n) is 21.1. The standard InChI is InChI=1S/C23H42N4O5S/c1-22(2,3)27-33(29,30)24-16-19-25-21(32-26-19)18(15-20(28)31-23(4,5)6)14-10-13-17-11-8-7-9-12-17/h17-18,24,27H,7-16H2,1-6H3/t18-/m1/s1. The van der Waals surface area contributed by atoms with Crippen molar-refractivity contribution < 1.29 is 22.5 Å². The minimum Gasteiger partial charge on any atom is -0.460 e. The molecule has 2 N–H and O–H groups in total. The second-order valence-electron chi connectivity index (χ2n) is 11.1. The SMILES string of the molecule is CC(C)(C)NS(=O)(=O)NCc1noc([C@H](CCCC2CCCCC2)CC(=O)OC(C)(C)C)n1. The molecule has 0 aromatic carbocycles. The predicted octanol–water partition coefficient (Wildman–Crippen LogP) is 4.36. The maximum absolute atomic E-state index is 12.5. The van der Waals surface area contributed by atoms with E-state index in [0.717, 1.165) is 25.2 Å². The molecule has 0 aliphatic heterocycles. The normalized spacial score (nSPS) is 17.2. The molecular weight excluding hydrogens is 444 g/mol. The first-order chi connectivity index (χ1) is 15.2. The van der Waals surface area contributed by atoms with Crippen molar-refractivity contribution in [3.05, 3.63) is 11.7 Å². The molecule has 0 saturated heterocycles. The van der Waals surface area contributed by atoms with E-state index in [-0.39, 0.29) is 30.7 Å². The summed E-state index contributed by atoms with van der Waals surface area (Å²) >= 11 is 0. The van der Waals surface area contributed by atoms with Crippen LogP contribution in [0.15, 0.2) is 4.52 Å². The minimum absolute atomic E-state index is 0.101. The number of nitrogens with one attached hydrogen (secondary N) is 2. The fraction of sp³-hybridized carbons (Fsp3) is 0.870. The first-order valence-corrected chi connectivity index (χ1v) is 13.5. The van der Waals surface area contributed by atoms with Gasteiger partial charge in [-0.1, -0.05) is 50.1 Å². The summed E-state index contributed by atoms with van der Waals surface area (Å²) in [6, 6.07) is 0. The van der Waals surface area contributed by atoms with Crippen LogP contribution in [0.25, 0.3) is 0 Å². The van der Waals surface area contributed by atoms with Crippen LogP contribution in [-0.4, -0.2) is 35.7 Å². The number of ether oxygens (including phenoxy) is 1. The third-order valence-electron chi connectivity index (χ3n) is 5.42. The van der Waals surface area contributed by atoms with Gasteiger partial charge in [-0.2, -0.15) is 22.8 Å². The Bertz CT molecular complexity index is 849. The average molecular weight is 487 g/mol. The second kappa shape index (κ2) is 11.8. The van der Waals surface area contributed by atoms with Gasteiger partial charge in [0.05, 0.1) is 13.0 Å². The molecular formula is C23H42N4O5S. The zero-order chi connectivity index (χ0) is 24.7. The van der Waals surface area contributed by atoms with E-state index in [0.29, 0.717) is 5.89 Å². The van der Waals surface area contributed by atoms with Crippen LogP contribution in [0.1, 0.15) is 117 Å². The van der Waals surface area contributed by atoms with E-state index in [2.05, 4.69) is 19.6 Å². The summed E-state index contributed by atoms with van der Waals surface area (Å²) in [6.45, 7) is 10.7. The number of carbonyl (C=O) groups is 1. The number of carbonyl (C=O) groups excluding carboxylic acids is 1. The van der Waals surface area contributed by atoms with Crippen molar-refractivity contribution in [2.75, 3.05) is 0 Å². The van der Waals surface area contributed by atoms with Gasteiger partial charge >= 0.3 is 5.97 Å². The topological polar surface area (TPSA) is 123 Å². The number of aromatic nitrogens is 2. The first-order valence-electron chi connectivity index (χ1n) is 12.1. The van der Waals surface area contributed by atoms with E-state index in [1.807, 2.05) is 20.8 Å². The summed E-state index contributed by atoms with van der Waals surface area (Å²) in [5, 5.41) is 3.92. The third kappa shape index (κ3) is 11.4. The summed E-state index contributed by atoms with van der Waals surface area (Å²) < 4.78 is 40.2. The van der Waals surface area contributed by atoms with Gasteiger partial charge in [0.15, 0.2) is 5.82 Å². The fourth-order valence-corrected chi connectivity index (χ4v) is 5.33. The predicted molar refractivity (Wildman–Crippen MR) is 127 cm³/mol. The molecule has 33 heavy (non-hydrogen) atoms. The molecule has 1 heterocycles. The molecule has 1 fully saturated rings. The van der Waals surface area contributed by atoms with Crippen LogP contribution in [0.2, 0.25) is 0 Å². The van der Waals surface area contributed by atoms with E-state index < -0.39 is 21.3 Å². The molecule has 2 rings (SSSR count). The van der Waals surface area contributed by atoms with Crippen LogP contribution in [0.5, 0.6) is 0 Å². The maximum Gasteiger partial charge on any atom is 0.307 e. The van der Waals surface area contributed by atoms with E-state index in [9.17, 15) is 13.2 Å². The molecule has 1 aliphatic carbocycles. The van der Waals surface area contributed by atoms with Crippen molar-refractivity contribution in [2.24, 2.45) is 5.92 Å². The van der Waals surface area contributed by atoms with Crippen LogP contribution in [0.3, 0.4) is 0 Å². The largest absolute Gasteiger partial charge is 0.460 e. The van der Waals surface area contributed by atoms with E-state index in [1.165, 1.54) is 32.1 Å². The van der Waals surface area contributed by atoms with E-state index in [4.69, 9.17) is 9.26 Å². The maximum atomic E-state index is 12.5. The summed E-state index contributed by atoms with van der Waals surface area (Å²) in [5.74, 6) is 0.770. The molecule has 1 aromatic heterocycles. The highest BCUT2D eigenvalue weighted by molar-refractivity contribution is 7.87. The van der Waals surface area contributed by atoms with Gasteiger partial charge in [-0.15, -0.1) is 0 Å². The number of nitrogens with zero attached hydrogens (tertiary/aromatic N) is 2. The monoisotopic (exact) mass is 486 g/mol. The number of hydrogen-bond acceptors (Lipinski definition) is 7. The molecule has 1 aromatic rings. The lowest BCUT2D eigenvalue weighted by Gasteiger charge is -2.23. The molecule has 10 heteroatoms. The molecule has 190 valence electrons. The highest BCUT2D eigenvalue weighted by atomic mass is 32.2. The van der Waals surface area contributed by atoms with Crippen molar-refractivity contribution in [1.82, 2.24) is 19.6 Å². The van der Waals surface area contributed by atoms with Crippen molar-refractivity contribution in [3.8, 4) is 0 Å². The Balaban J connectivity index is 2.00. The lowest BCUT2D eigenvalue weighted by Crippen LogP contribution is -2.46. The van der Waals surface area contributed by atoms with Gasteiger partial charge < -0.3 is 9.26 Å². The van der Waals surface area contributed by atoms with Gasteiger partial charge in [0.25, 0.3) is 10.2 Å². The van der Waals surface area contributed by atoms with Crippen LogP contribution in [0.4, 0.5) is 0 Å². The van der Waals surface area contributed by atoms with Crippen molar-refractivity contribution in [3.63, 3.8) is 0 Å². The minimum atomic E-state index is -3.71. The van der Waals surface area contributed by atoms with Crippen molar-refractivity contribution in [2.45, 2.75) is 123 Å². The Hall–Kier alpha value is -1.52. The molecule has 0 spiro atoms. The first kappa shape index (κ1) is 27.7. The summed E-state index contributed by atoms with van der Waals surface area (Å²) in [6.07, 6.45) is 9.50. The summed E-state index contributed by atoms with van der Waals surface area (Å²) in [7, 11) is -3.71. The highest BCUT2D eigenvalue weighted by Crippen LogP contribution is 2.31. The second-order valence-corrected chi connectivity index (χ2v) is 12.6. The number of rotatable bonds is 11. The van der Waals surface area contributed by atoms with Gasteiger partial charge in [0.2, 0.25) is 5.89 Å². The number of esters is 1. The Morgan fingerprint density at radius 2 is 1.82 bits per heavy atom. The highest BCUT2D eigenvalue weighted by Gasteiger charge is 2.27. The summed E-state index contributed by atoms with van der Waals surface area (Å²) in [4.78, 5) is 16.9. The van der Waals surface area contributed by atoms with Crippen LogP contribution >= 0.6 is 0 Å². The Morgan fingerprint density at radius 1 is 1.15 bits per heavy atom. The smallest absolute Gasteiger partial charge is 0.307 e. The van der Waals surface area contributed by atoms with Gasteiger partial charge in [0, 0.05) is 11.5 Å². The zero-order valence-corrected chi connectivity index (χ0v) is 21.9. The molecule has 1 aliphatic rings. The molecule has 0 amide bonds. The van der Waals surface area contributed by atoms with E-state index >= 15 is 0 Å². The molecule has 0 radical (unpaired) electrons. The van der Waals surface area contributed by atoms with E-state index in [1.54, 1.807) is 20.8 Å². The van der Waals surface area contributed by atoms with Crippen molar-refractivity contribution >= 4 is 16.2 Å². The molecule has 0 unspecified atom stereocenters. The third-order valence-corrected chi connectivity index (χ3v) is 6.82. The molecule has 0 bridgehead atoms. The van der Waals surface area contributed by atoms with Gasteiger partial charge in [-0.05, 0) is 53.9 Å². The molecule has 1 saturated carbocycles. The lowest BCUT2D eigenvalue weighted by molar-refractivity contribution is -0.155. The molecule has 1 atom stereocenters. The van der Waals surface area contributed by atoms with Gasteiger partial charge in [-0.3, -0.25) is 4.79 Å². The lowest BCUT2D eigenvalue weighted by atomic mass is 9.84. The Kier molecular flexibility index (Phi) is 9.87. The Morgan fingerprint density at radius 3 is 2.42 bits per heavy atom. The summed E-state index contributed by atoms with van der Waals surface area (Å²) in [5.41, 5.74) is -1.17. The van der Waals surface area contributed by atoms with Crippen LogP contribution < -0.4 is 9.44 Å². The van der Waals surface area contributed by atoms with Crippen molar-refractivity contribution in [1.29, 1.82) is 0 Å².